The first-order valence-electron chi connectivity index (χ1n) is 7.38. The van der Waals surface area contributed by atoms with Crippen molar-refractivity contribution in [3.8, 4) is 10.6 Å². The molecule has 114 valence electrons. The quantitative estimate of drug-likeness (QED) is 0.773. The fourth-order valence-electron chi connectivity index (χ4n) is 2.79. The summed E-state index contributed by atoms with van der Waals surface area (Å²) in [6.45, 7) is 1.65. The number of thiophene rings is 1. The second-order valence-electron chi connectivity index (χ2n) is 5.38. The van der Waals surface area contributed by atoms with Crippen LogP contribution in [-0.2, 0) is 4.74 Å². The van der Waals surface area contributed by atoms with E-state index in [9.17, 15) is 0 Å². The minimum Gasteiger partial charge on any atom is -0.376 e. The first kappa shape index (κ1) is 14.1. The van der Waals surface area contributed by atoms with Crippen molar-refractivity contribution >= 4 is 34.4 Å². The molecule has 3 aromatic rings. The summed E-state index contributed by atoms with van der Waals surface area (Å²) < 4.78 is 7.72. The predicted molar refractivity (Wildman–Crippen MR) is 91.0 cm³/mol. The second-order valence-corrected chi connectivity index (χ2v) is 6.76. The third-order valence-electron chi connectivity index (χ3n) is 3.86. The number of aromatic nitrogens is 2. The maximum Gasteiger partial charge on any atom is 0.139 e. The lowest BCUT2D eigenvalue weighted by Gasteiger charge is -2.12. The van der Waals surface area contributed by atoms with E-state index in [-0.39, 0.29) is 6.10 Å². The molecule has 0 amide bonds. The van der Waals surface area contributed by atoms with E-state index in [4.69, 9.17) is 21.3 Å². The molecule has 4 rings (SSSR count). The van der Waals surface area contributed by atoms with Crippen LogP contribution in [0.1, 0.15) is 12.8 Å². The highest BCUT2D eigenvalue weighted by Crippen LogP contribution is 2.32. The zero-order chi connectivity index (χ0) is 14.9. The molecular weight excluding hydrogens is 318 g/mol. The Kier molecular flexibility index (Phi) is 3.78. The largest absolute Gasteiger partial charge is 0.376 e. The minimum absolute atomic E-state index is 0.279. The van der Waals surface area contributed by atoms with Crippen LogP contribution < -0.4 is 5.32 Å². The van der Waals surface area contributed by atoms with E-state index in [0.717, 1.165) is 48.0 Å². The van der Waals surface area contributed by atoms with Crippen LogP contribution in [0.5, 0.6) is 0 Å². The molecule has 0 bridgehead atoms. The predicted octanol–water partition coefficient (Wildman–Crippen LogP) is 4.31. The van der Waals surface area contributed by atoms with Gasteiger partial charge in [-0.25, -0.2) is 4.98 Å². The zero-order valence-electron chi connectivity index (χ0n) is 12.0. The molecule has 1 aliphatic rings. The lowest BCUT2D eigenvalue weighted by Crippen LogP contribution is -2.19. The molecule has 0 aliphatic carbocycles. The molecule has 4 heterocycles. The van der Waals surface area contributed by atoms with Crippen molar-refractivity contribution in [3.63, 3.8) is 0 Å². The van der Waals surface area contributed by atoms with Gasteiger partial charge in [-0.2, -0.15) is 0 Å². The number of pyridine rings is 1. The molecule has 6 heteroatoms. The molecule has 0 aromatic carbocycles. The number of ether oxygens (including phenoxy) is 1. The summed E-state index contributed by atoms with van der Waals surface area (Å²) in [5, 5.41) is 6.28. The number of fused-ring (bicyclic) bond motifs is 1. The third kappa shape index (κ3) is 2.60. The van der Waals surface area contributed by atoms with Crippen LogP contribution in [0.25, 0.3) is 16.2 Å². The smallest absolute Gasteiger partial charge is 0.139 e. The molecule has 4 nitrogen and oxygen atoms in total. The minimum atomic E-state index is 0.279. The summed E-state index contributed by atoms with van der Waals surface area (Å²) >= 11 is 7.84. The Morgan fingerprint density at radius 2 is 2.36 bits per heavy atom. The van der Waals surface area contributed by atoms with Crippen molar-refractivity contribution < 1.29 is 4.74 Å². The van der Waals surface area contributed by atoms with Crippen LogP contribution in [0.15, 0.2) is 35.8 Å². The number of anilines is 1. The molecule has 0 radical (unpaired) electrons. The summed E-state index contributed by atoms with van der Waals surface area (Å²) in [6, 6.07) is 7.94. The van der Waals surface area contributed by atoms with Crippen molar-refractivity contribution in [3.05, 3.63) is 40.9 Å². The SMILES string of the molecule is Clc1ccc2nc(-c3cccs3)c(NCC3CCCO3)n2c1. The van der Waals surface area contributed by atoms with Crippen LogP contribution in [0.2, 0.25) is 5.02 Å². The van der Waals surface area contributed by atoms with Gasteiger partial charge in [0.05, 0.1) is 16.0 Å². The topological polar surface area (TPSA) is 38.6 Å². The molecule has 22 heavy (non-hydrogen) atoms. The van der Waals surface area contributed by atoms with Crippen molar-refractivity contribution in [1.82, 2.24) is 9.38 Å². The Morgan fingerprint density at radius 3 is 3.14 bits per heavy atom. The van der Waals surface area contributed by atoms with Gasteiger partial charge < -0.3 is 10.1 Å². The molecular formula is C16H16ClN3OS. The average Bonchev–Trinajstić information content (AvgIpc) is 3.25. The van der Waals surface area contributed by atoms with Gasteiger partial charge in [-0.3, -0.25) is 4.40 Å². The van der Waals surface area contributed by atoms with Gasteiger partial charge in [0.25, 0.3) is 0 Å². The van der Waals surface area contributed by atoms with E-state index in [2.05, 4.69) is 16.8 Å². The van der Waals surface area contributed by atoms with Gasteiger partial charge in [-0.15, -0.1) is 11.3 Å². The van der Waals surface area contributed by atoms with Gasteiger partial charge in [-0.1, -0.05) is 17.7 Å². The van der Waals surface area contributed by atoms with E-state index < -0.39 is 0 Å². The highest BCUT2D eigenvalue weighted by Gasteiger charge is 2.19. The number of hydrogen-bond acceptors (Lipinski definition) is 4. The van der Waals surface area contributed by atoms with Crippen LogP contribution in [0.4, 0.5) is 5.82 Å². The average molecular weight is 334 g/mol. The van der Waals surface area contributed by atoms with Crippen LogP contribution in [-0.4, -0.2) is 28.6 Å². The Labute approximate surface area is 137 Å². The third-order valence-corrected chi connectivity index (χ3v) is 4.96. The highest BCUT2D eigenvalue weighted by atomic mass is 35.5. The second kappa shape index (κ2) is 5.91. The lowest BCUT2D eigenvalue weighted by molar-refractivity contribution is 0.120. The molecule has 1 N–H and O–H groups in total. The summed E-state index contributed by atoms with van der Waals surface area (Å²) in [4.78, 5) is 5.90. The van der Waals surface area contributed by atoms with Crippen molar-refractivity contribution in [2.24, 2.45) is 0 Å². The lowest BCUT2D eigenvalue weighted by atomic mass is 10.2. The van der Waals surface area contributed by atoms with E-state index in [1.165, 1.54) is 0 Å². The van der Waals surface area contributed by atoms with Crippen LogP contribution in [0, 0.1) is 0 Å². The van der Waals surface area contributed by atoms with E-state index in [1.807, 2.05) is 28.8 Å². The number of nitrogens with one attached hydrogen (secondary N) is 1. The summed E-state index contributed by atoms with van der Waals surface area (Å²) in [5.41, 5.74) is 1.86. The number of imidazole rings is 1. The van der Waals surface area contributed by atoms with Gasteiger partial charge in [0.2, 0.25) is 0 Å². The summed E-state index contributed by atoms with van der Waals surface area (Å²) in [5.74, 6) is 0.982. The molecule has 1 atom stereocenters. The normalized spacial score (nSPS) is 18.1. The fraction of sp³-hybridized carbons (Fsp3) is 0.312. The Hall–Kier alpha value is -1.56. The fourth-order valence-corrected chi connectivity index (χ4v) is 3.66. The van der Waals surface area contributed by atoms with Crippen LogP contribution in [0.3, 0.4) is 0 Å². The monoisotopic (exact) mass is 333 g/mol. The molecule has 1 unspecified atom stereocenters. The van der Waals surface area contributed by atoms with Crippen molar-refractivity contribution in [1.29, 1.82) is 0 Å². The van der Waals surface area contributed by atoms with Crippen molar-refractivity contribution in [2.45, 2.75) is 18.9 Å². The molecule has 0 saturated carbocycles. The first-order valence-corrected chi connectivity index (χ1v) is 8.64. The van der Waals surface area contributed by atoms with Gasteiger partial charge in [-0.05, 0) is 36.4 Å². The van der Waals surface area contributed by atoms with Gasteiger partial charge >= 0.3 is 0 Å². The molecule has 1 saturated heterocycles. The number of halogens is 1. The van der Waals surface area contributed by atoms with Crippen LogP contribution >= 0.6 is 22.9 Å². The number of rotatable bonds is 4. The first-order chi connectivity index (χ1) is 10.8. The van der Waals surface area contributed by atoms with E-state index in [0.29, 0.717) is 5.02 Å². The molecule has 1 fully saturated rings. The van der Waals surface area contributed by atoms with Gasteiger partial charge in [0, 0.05) is 19.3 Å². The summed E-state index contributed by atoms with van der Waals surface area (Å²) in [7, 11) is 0. The van der Waals surface area contributed by atoms with Crippen molar-refractivity contribution in [2.75, 3.05) is 18.5 Å². The Bertz CT molecular complexity index is 778. The molecule has 0 spiro atoms. The highest BCUT2D eigenvalue weighted by molar-refractivity contribution is 7.13. The molecule has 1 aliphatic heterocycles. The van der Waals surface area contributed by atoms with E-state index >= 15 is 0 Å². The Morgan fingerprint density at radius 1 is 1.41 bits per heavy atom. The van der Waals surface area contributed by atoms with Gasteiger partial charge in [0.15, 0.2) is 0 Å². The maximum absolute atomic E-state index is 6.15. The van der Waals surface area contributed by atoms with Gasteiger partial charge in [0.1, 0.15) is 17.2 Å². The Balaban J connectivity index is 1.74. The standard InChI is InChI=1S/C16H16ClN3OS/c17-11-5-6-14-19-15(13-4-2-8-22-13)16(20(14)10-11)18-9-12-3-1-7-21-12/h2,4-6,8,10,12,18H,1,3,7,9H2. The van der Waals surface area contributed by atoms with E-state index in [1.54, 1.807) is 11.3 Å². The maximum atomic E-state index is 6.15. The summed E-state index contributed by atoms with van der Waals surface area (Å²) in [6.07, 6.45) is 4.43. The number of hydrogen-bond donors (Lipinski definition) is 1. The molecule has 3 aromatic heterocycles. The number of nitrogens with zero attached hydrogens (tertiary/aromatic N) is 2. The zero-order valence-corrected chi connectivity index (χ0v) is 13.5.